The number of hydrogen-bond acceptors (Lipinski definition) is 2. The molecular formula is C15H17BrO2. The van der Waals surface area contributed by atoms with Crippen molar-refractivity contribution in [3.05, 3.63) is 33.8 Å². The van der Waals surface area contributed by atoms with Crippen molar-refractivity contribution in [2.45, 2.75) is 38.7 Å². The second kappa shape index (κ2) is 4.17. The van der Waals surface area contributed by atoms with Gasteiger partial charge in [-0.1, -0.05) is 28.9 Å². The van der Waals surface area contributed by atoms with Gasteiger partial charge in [0.1, 0.15) is 0 Å². The van der Waals surface area contributed by atoms with Gasteiger partial charge in [0, 0.05) is 15.5 Å². The molecule has 96 valence electrons. The number of carbonyl (C=O) groups is 1. The summed E-state index contributed by atoms with van der Waals surface area (Å²) in [4.78, 5) is 12.7. The van der Waals surface area contributed by atoms with Crippen LogP contribution in [0.3, 0.4) is 0 Å². The number of rotatable bonds is 0. The van der Waals surface area contributed by atoms with Crippen molar-refractivity contribution in [2.24, 2.45) is 11.3 Å². The Morgan fingerprint density at radius 1 is 1.44 bits per heavy atom. The first kappa shape index (κ1) is 12.4. The van der Waals surface area contributed by atoms with E-state index in [1.165, 1.54) is 5.56 Å². The summed E-state index contributed by atoms with van der Waals surface area (Å²) in [7, 11) is 0. The summed E-state index contributed by atoms with van der Waals surface area (Å²) in [6.07, 6.45) is 3.01. The number of aliphatic hydroxyl groups excluding tert-OH is 1. The molecule has 1 saturated carbocycles. The van der Waals surface area contributed by atoms with E-state index in [4.69, 9.17) is 0 Å². The molecule has 1 aromatic rings. The van der Waals surface area contributed by atoms with Gasteiger partial charge < -0.3 is 5.11 Å². The van der Waals surface area contributed by atoms with Gasteiger partial charge in [-0.2, -0.15) is 0 Å². The lowest BCUT2D eigenvalue weighted by Gasteiger charge is -2.38. The second-order valence-corrected chi connectivity index (χ2v) is 6.79. The summed E-state index contributed by atoms with van der Waals surface area (Å²) < 4.78 is 0.968. The molecule has 1 spiro atoms. The zero-order valence-corrected chi connectivity index (χ0v) is 12.0. The highest BCUT2D eigenvalue weighted by Gasteiger charge is 2.48. The third-order valence-corrected chi connectivity index (χ3v) is 5.11. The average Bonchev–Trinajstić information content (AvgIpc) is 2.59. The van der Waals surface area contributed by atoms with Gasteiger partial charge in [0.2, 0.25) is 0 Å². The van der Waals surface area contributed by atoms with Gasteiger partial charge in [0.25, 0.3) is 0 Å². The van der Waals surface area contributed by atoms with E-state index in [-0.39, 0.29) is 23.2 Å². The minimum atomic E-state index is -0.237. The van der Waals surface area contributed by atoms with Crippen LogP contribution in [0.15, 0.2) is 22.7 Å². The van der Waals surface area contributed by atoms with E-state index < -0.39 is 0 Å². The van der Waals surface area contributed by atoms with E-state index in [1.807, 2.05) is 12.1 Å². The Bertz CT molecular complexity index is 511. The molecule has 1 fully saturated rings. The Hall–Kier alpha value is -0.670. The van der Waals surface area contributed by atoms with E-state index >= 15 is 0 Å². The first-order chi connectivity index (χ1) is 8.52. The van der Waals surface area contributed by atoms with Gasteiger partial charge in [-0.05, 0) is 49.3 Å². The molecule has 3 heteroatoms. The number of benzene rings is 1. The van der Waals surface area contributed by atoms with Crippen molar-refractivity contribution in [3.8, 4) is 0 Å². The maximum atomic E-state index is 12.7. The third-order valence-electron chi connectivity index (χ3n) is 4.62. The van der Waals surface area contributed by atoms with E-state index in [1.54, 1.807) is 0 Å². The monoisotopic (exact) mass is 308 g/mol. The minimum absolute atomic E-state index is 0.223. The third kappa shape index (κ3) is 1.76. The van der Waals surface area contributed by atoms with Gasteiger partial charge in [-0.15, -0.1) is 0 Å². The van der Waals surface area contributed by atoms with E-state index in [0.717, 1.165) is 35.7 Å². The number of ketones is 1. The summed E-state index contributed by atoms with van der Waals surface area (Å²) in [5, 5.41) is 9.85. The van der Waals surface area contributed by atoms with Crippen molar-refractivity contribution in [1.82, 2.24) is 0 Å². The number of hydrogen-bond donors (Lipinski definition) is 1. The minimum Gasteiger partial charge on any atom is -0.393 e. The summed E-state index contributed by atoms with van der Waals surface area (Å²) in [6.45, 7) is 2.05. The molecular weight excluding hydrogens is 292 g/mol. The molecule has 0 radical (unpaired) electrons. The van der Waals surface area contributed by atoms with Crippen molar-refractivity contribution < 1.29 is 9.90 Å². The number of Topliss-reactive ketones (excluding diaryl/α,β-unsaturated/α-hetero) is 1. The average molecular weight is 309 g/mol. The topological polar surface area (TPSA) is 37.3 Å². The molecule has 18 heavy (non-hydrogen) atoms. The number of halogens is 1. The smallest absolute Gasteiger partial charge is 0.169 e. The number of carbonyl (C=O) groups excluding carboxylic acids is 1. The molecule has 0 saturated heterocycles. The molecule has 0 heterocycles. The normalized spacial score (nSPS) is 34.9. The Morgan fingerprint density at radius 2 is 2.22 bits per heavy atom. The van der Waals surface area contributed by atoms with E-state index in [2.05, 4.69) is 28.9 Å². The van der Waals surface area contributed by atoms with Crippen LogP contribution in [0, 0.1) is 11.3 Å². The second-order valence-electron chi connectivity index (χ2n) is 5.88. The first-order valence-corrected chi connectivity index (χ1v) is 7.32. The lowest BCUT2D eigenvalue weighted by atomic mass is 9.67. The zero-order valence-electron chi connectivity index (χ0n) is 10.4. The SMILES string of the molecule is C[C@H]1CC2(CC[C@@H]1O)Cc1ccc(Br)cc1C2=O. The Balaban J connectivity index is 1.97. The predicted octanol–water partition coefficient (Wildman–Crippen LogP) is 3.36. The van der Waals surface area contributed by atoms with Crippen LogP contribution in [0.5, 0.6) is 0 Å². The fourth-order valence-electron chi connectivity index (χ4n) is 3.57. The van der Waals surface area contributed by atoms with Crippen LogP contribution >= 0.6 is 15.9 Å². The molecule has 1 unspecified atom stereocenters. The molecule has 1 aromatic carbocycles. The summed E-state index contributed by atoms with van der Waals surface area (Å²) >= 11 is 3.43. The van der Waals surface area contributed by atoms with Crippen LogP contribution in [0.2, 0.25) is 0 Å². The van der Waals surface area contributed by atoms with Crippen molar-refractivity contribution >= 4 is 21.7 Å². The Labute approximate surface area is 116 Å². The Morgan fingerprint density at radius 3 is 2.94 bits per heavy atom. The molecule has 0 aliphatic heterocycles. The highest BCUT2D eigenvalue weighted by molar-refractivity contribution is 9.10. The predicted molar refractivity (Wildman–Crippen MR) is 73.6 cm³/mol. The fourth-order valence-corrected chi connectivity index (χ4v) is 3.94. The van der Waals surface area contributed by atoms with E-state index in [0.29, 0.717) is 0 Å². The lowest BCUT2D eigenvalue weighted by Crippen LogP contribution is -2.39. The van der Waals surface area contributed by atoms with Crippen molar-refractivity contribution in [3.63, 3.8) is 0 Å². The molecule has 3 rings (SSSR count). The molecule has 0 aromatic heterocycles. The quantitative estimate of drug-likeness (QED) is 0.798. The summed E-state index contributed by atoms with van der Waals surface area (Å²) in [6, 6.07) is 6.01. The molecule has 2 aliphatic rings. The van der Waals surface area contributed by atoms with Gasteiger partial charge >= 0.3 is 0 Å². The fraction of sp³-hybridized carbons (Fsp3) is 0.533. The van der Waals surface area contributed by atoms with Crippen LogP contribution in [-0.2, 0) is 6.42 Å². The van der Waals surface area contributed by atoms with Crippen molar-refractivity contribution in [1.29, 1.82) is 0 Å². The van der Waals surface area contributed by atoms with Gasteiger partial charge in [0.05, 0.1) is 6.10 Å². The van der Waals surface area contributed by atoms with E-state index in [9.17, 15) is 9.90 Å². The Kier molecular flexibility index (Phi) is 2.87. The highest BCUT2D eigenvalue weighted by Crippen LogP contribution is 2.49. The maximum Gasteiger partial charge on any atom is 0.169 e. The first-order valence-electron chi connectivity index (χ1n) is 6.53. The standard InChI is InChI=1S/C15H17BrO2/c1-9-7-15(5-4-13(9)17)8-10-2-3-11(16)6-12(10)14(15)18/h2-3,6,9,13,17H,4-5,7-8H2,1H3/t9-,13-,15?/m0/s1. The van der Waals surface area contributed by atoms with Gasteiger partial charge in [0.15, 0.2) is 5.78 Å². The van der Waals surface area contributed by atoms with Gasteiger partial charge in [-0.25, -0.2) is 0 Å². The largest absolute Gasteiger partial charge is 0.393 e. The number of aliphatic hydroxyl groups is 1. The molecule has 3 atom stereocenters. The molecule has 1 N–H and O–H groups in total. The summed E-state index contributed by atoms with van der Waals surface area (Å²) in [5.41, 5.74) is 1.82. The van der Waals surface area contributed by atoms with Crippen LogP contribution in [-0.4, -0.2) is 17.0 Å². The zero-order chi connectivity index (χ0) is 12.9. The summed E-state index contributed by atoms with van der Waals surface area (Å²) in [5.74, 6) is 0.512. The maximum absolute atomic E-state index is 12.7. The van der Waals surface area contributed by atoms with Crippen LogP contribution < -0.4 is 0 Å². The van der Waals surface area contributed by atoms with Crippen LogP contribution in [0.1, 0.15) is 42.1 Å². The molecule has 2 nitrogen and oxygen atoms in total. The lowest BCUT2D eigenvalue weighted by molar-refractivity contribution is 0.0206. The molecule has 0 bridgehead atoms. The molecule has 0 amide bonds. The van der Waals surface area contributed by atoms with Crippen molar-refractivity contribution in [2.75, 3.05) is 0 Å². The number of fused-ring (bicyclic) bond motifs is 1. The van der Waals surface area contributed by atoms with Crippen LogP contribution in [0.25, 0.3) is 0 Å². The van der Waals surface area contributed by atoms with Crippen LogP contribution in [0.4, 0.5) is 0 Å². The highest BCUT2D eigenvalue weighted by atomic mass is 79.9. The van der Waals surface area contributed by atoms with Gasteiger partial charge in [-0.3, -0.25) is 4.79 Å². The molecule has 2 aliphatic carbocycles.